The molecule has 0 unspecified atom stereocenters. The van der Waals surface area contributed by atoms with Gasteiger partial charge in [-0.15, -0.1) is 11.3 Å². The molecule has 0 spiro atoms. The molecule has 2 heterocycles. The van der Waals surface area contributed by atoms with Crippen LogP contribution >= 0.6 is 23.6 Å². The van der Waals surface area contributed by atoms with E-state index >= 15 is 0 Å². The van der Waals surface area contributed by atoms with Gasteiger partial charge in [0.1, 0.15) is 10.8 Å². The van der Waals surface area contributed by atoms with E-state index in [1.165, 1.54) is 18.1 Å². The third-order valence-corrected chi connectivity index (χ3v) is 7.30. The Morgan fingerprint density at radius 3 is 2.73 bits per heavy atom. The van der Waals surface area contributed by atoms with Crippen LogP contribution < -0.4 is 5.32 Å². The first-order valence-electron chi connectivity index (χ1n) is 10.3. The van der Waals surface area contributed by atoms with Crippen LogP contribution in [0, 0.1) is 5.82 Å². The fourth-order valence-electron chi connectivity index (χ4n) is 4.15. The zero-order chi connectivity index (χ0) is 21.1. The predicted octanol–water partition coefficient (Wildman–Crippen LogP) is 4.07. The van der Waals surface area contributed by atoms with E-state index in [9.17, 15) is 9.18 Å². The monoisotopic (exact) mass is 447 g/mol. The summed E-state index contributed by atoms with van der Waals surface area (Å²) in [5, 5.41) is 4.78. The summed E-state index contributed by atoms with van der Waals surface area (Å²) in [5.74, 6) is -0.490. The molecule has 2 aliphatic rings. The van der Waals surface area contributed by atoms with Gasteiger partial charge in [0.2, 0.25) is 0 Å². The van der Waals surface area contributed by atoms with Crippen LogP contribution in [0.4, 0.5) is 9.39 Å². The molecule has 30 heavy (non-hydrogen) atoms. The third kappa shape index (κ3) is 4.66. The zero-order valence-electron chi connectivity index (χ0n) is 17.1. The van der Waals surface area contributed by atoms with Gasteiger partial charge < -0.3 is 15.0 Å². The normalized spacial score (nSPS) is 16.8. The minimum absolute atomic E-state index is 0.198. The molecule has 2 aromatic rings. The van der Waals surface area contributed by atoms with Crippen molar-refractivity contribution in [2.75, 3.05) is 38.6 Å². The van der Waals surface area contributed by atoms with Crippen molar-refractivity contribution >= 4 is 39.6 Å². The lowest BCUT2D eigenvalue weighted by Crippen LogP contribution is -2.49. The minimum atomic E-state index is -0.292. The van der Waals surface area contributed by atoms with E-state index in [2.05, 4.69) is 15.1 Å². The van der Waals surface area contributed by atoms with Crippen LogP contribution in [0.1, 0.15) is 39.2 Å². The summed E-state index contributed by atoms with van der Waals surface area (Å²) in [6.07, 6.45) is 4.19. The smallest absolute Gasteiger partial charge is 0.341 e. The number of carbonyl (C=O) groups excluding carboxylic acids is 1. The molecule has 0 saturated carbocycles. The van der Waals surface area contributed by atoms with Gasteiger partial charge in [0, 0.05) is 37.6 Å². The van der Waals surface area contributed by atoms with Crippen molar-refractivity contribution in [1.29, 1.82) is 0 Å². The first kappa shape index (κ1) is 21.2. The topological polar surface area (TPSA) is 44.8 Å². The number of aryl methyl sites for hydroxylation is 1. The van der Waals surface area contributed by atoms with Gasteiger partial charge in [0.25, 0.3) is 0 Å². The molecule has 4 rings (SSSR count). The number of benzene rings is 1. The number of hydrogen-bond acceptors (Lipinski definition) is 5. The summed E-state index contributed by atoms with van der Waals surface area (Å²) in [4.78, 5) is 18.1. The molecule has 1 aliphatic heterocycles. The quantitative estimate of drug-likeness (QED) is 0.563. The highest BCUT2D eigenvalue weighted by Gasteiger charge is 2.27. The number of rotatable bonds is 4. The van der Waals surface area contributed by atoms with Crippen LogP contribution in [0.5, 0.6) is 0 Å². The van der Waals surface area contributed by atoms with Crippen molar-refractivity contribution in [3.63, 3.8) is 0 Å². The number of nitrogens with one attached hydrogen (secondary N) is 1. The predicted molar refractivity (Wildman–Crippen MR) is 122 cm³/mol. The van der Waals surface area contributed by atoms with Crippen molar-refractivity contribution in [3.05, 3.63) is 51.7 Å². The number of hydrogen-bond donors (Lipinski definition) is 1. The second-order valence-electron chi connectivity index (χ2n) is 7.73. The number of fused-ring (bicyclic) bond motifs is 1. The van der Waals surface area contributed by atoms with Gasteiger partial charge in [-0.25, -0.2) is 9.18 Å². The summed E-state index contributed by atoms with van der Waals surface area (Å²) in [5.41, 5.74) is 2.77. The maximum Gasteiger partial charge on any atom is 0.341 e. The molecule has 1 aromatic heterocycles. The van der Waals surface area contributed by atoms with Crippen molar-refractivity contribution in [1.82, 2.24) is 9.80 Å². The molecule has 1 N–H and O–H groups in total. The average molecular weight is 448 g/mol. The maximum atomic E-state index is 13.4. The zero-order valence-corrected chi connectivity index (χ0v) is 18.7. The number of anilines is 1. The van der Waals surface area contributed by atoms with Crippen LogP contribution in [0.3, 0.4) is 0 Å². The largest absolute Gasteiger partial charge is 0.465 e. The first-order chi connectivity index (χ1) is 14.5. The van der Waals surface area contributed by atoms with Crippen LogP contribution in [-0.4, -0.2) is 54.2 Å². The molecule has 0 radical (unpaired) electrons. The van der Waals surface area contributed by atoms with E-state index in [0.29, 0.717) is 10.7 Å². The number of ether oxygens (including phenoxy) is 1. The molecule has 1 aromatic carbocycles. The fourth-order valence-corrected chi connectivity index (χ4v) is 5.78. The van der Waals surface area contributed by atoms with Crippen LogP contribution in [0.2, 0.25) is 0 Å². The Morgan fingerprint density at radius 1 is 1.23 bits per heavy atom. The minimum Gasteiger partial charge on any atom is -0.465 e. The average Bonchev–Trinajstić information content (AvgIpc) is 3.11. The molecule has 0 atom stereocenters. The van der Waals surface area contributed by atoms with E-state index in [1.807, 2.05) is 6.07 Å². The van der Waals surface area contributed by atoms with E-state index in [4.69, 9.17) is 17.0 Å². The second-order valence-corrected chi connectivity index (χ2v) is 9.22. The number of thiocarbonyl (C=S) groups is 1. The summed E-state index contributed by atoms with van der Waals surface area (Å²) in [6.45, 7) is 4.02. The van der Waals surface area contributed by atoms with Gasteiger partial charge in [-0.3, -0.25) is 4.90 Å². The highest BCUT2D eigenvalue weighted by Crippen LogP contribution is 2.38. The lowest BCUT2D eigenvalue weighted by molar-refractivity contribution is 0.0601. The Labute approximate surface area is 185 Å². The van der Waals surface area contributed by atoms with E-state index in [-0.39, 0.29) is 11.8 Å². The Balaban J connectivity index is 1.38. The Bertz CT molecular complexity index is 938. The van der Waals surface area contributed by atoms with Crippen LogP contribution in [-0.2, 0) is 24.1 Å². The number of thiophene rings is 1. The summed E-state index contributed by atoms with van der Waals surface area (Å²) >= 11 is 7.30. The molecule has 0 amide bonds. The molecular formula is C22H26FN3O2S2. The van der Waals surface area contributed by atoms with Crippen LogP contribution in [0.15, 0.2) is 24.3 Å². The van der Waals surface area contributed by atoms with Crippen molar-refractivity contribution in [2.45, 2.75) is 32.2 Å². The van der Waals surface area contributed by atoms with Gasteiger partial charge in [0.15, 0.2) is 5.11 Å². The summed E-state index contributed by atoms with van der Waals surface area (Å²) < 4.78 is 18.5. The van der Waals surface area contributed by atoms with Gasteiger partial charge in [0.05, 0.1) is 12.7 Å². The van der Waals surface area contributed by atoms with Crippen LogP contribution in [0.25, 0.3) is 0 Å². The molecule has 1 fully saturated rings. The summed E-state index contributed by atoms with van der Waals surface area (Å²) in [7, 11) is 1.43. The van der Waals surface area contributed by atoms with E-state index < -0.39 is 0 Å². The highest BCUT2D eigenvalue weighted by molar-refractivity contribution is 7.80. The molecule has 1 aliphatic carbocycles. The molecule has 0 bridgehead atoms. The lowest BCUT2D eigenvalue weighted by Gasteiger charge is -2.36. The fraction of sp³-hybridized carbons (Fsp3) is 0.455. The lowest BCUT2D eigenvalue weighted by atomic mass is 9.95. The van der Waals surface area contributed by atoms with Gasteiger partial charge >= 0.3 is 5.97 Å². The number of esters is 1. The SMILES string of the molecule is COC(=O)c1c(NC(=S)N2CCN(Cc3cccc(F)c3)CC2)sc2c1CCCC2. The van der Waals surface area contributed by atoms with Crippen molar-refractivity contribution in [2.24, 2.45) is 0 Å². The van der Waals surface area contributed by atoms with E-state index in [1.54, 1.807) is 23.5 Å². The molecule has 1 saturated heterocycles. The highest BCUT2D eigenvalue weighted by atomic mass is 32.1. The molecular weight excluding hydrogens is 421 g/mol. The number of halogens is 1. The standard InChI is InChI=1S/C22H26FN3O2S2/c1-28-21(27)19-17-7-2-3-8-18(17)30-20(19)24-22(29)26-11-9-25(10-12-26)14-15-5-4-6-16(23)13-15/h4-6,13H,2-3,7-12,14H2,1H3,(H,24,29). The first-order valence-corrected chi connectivity index (χ1v) is 11.5. The second kappa shape index (κ2) is 9.41. The third-order valence-electron chi connectivity index (χ3n) is 5.74. The van der Waals surface area contributed by atoms with Gasteiger partial charge in [-0.1, -0.05) is 12.1 Å². The Hall–Kier alpha value is -2.03. The van der Waals surface area contributed by atoms with Gasteiger partial charge in [-0.05, 0) is 61.2 Å². The molecule has 160 valence electrons. The number of piperazine rings is 1. The van der Waals surface area contributed by atoms with Crippen molar-refractivity contribution in [3.8, 4) is 0 Å². The molecule has 8 heteroatoms. The molecule has 5 nitrogen and oxygen atoms in total. The number of nitrogens with zero attached hydrogens (tertiary/aromatic N) is 2. The van der Waals surface area contributed by atoms with E-state index in [0.717, 1.165) is 74.5 Å². The summed E-state index contributed by atoms with van der Waals surface area (Å²) in [6, 6.07) is 6.76. The Kier molecular flexibility index (Phi) is 6.65. The van der Waals surface area contributed by atoms with Crippen molar-refractivity contribution < 1.29 is 13.9 Å². The number of carbonyl (C=O) groups is 1. The number of methoxy groups -OCH3 is 1. The maximum absolute atomic E-state index is 13.4. The van der Waals surface area contributed by atoms with Gasteiger partial charge in [-0.2, -0.15) is 0 Å². The Morgan fingerprint density at radius 2 is 2.00 bits per heavy atom.